The highest BCUT2D eigenvalue weighted by atomic mass is 79.9. The first-order valence-electron chi connectivity index (χ1n) is 11.7. The molecule has 1 aliphatic carbocycles. The summed E-state index contributed by atoms with van der Waals surface area (Å²) < 4.78 is 41.1. The molecular formula is C24H27BrF3N5O6. The SMILES string of the molecule is CC1(C(F)(F)F)C=C([C@H](CC(=O)O)NC(=O)CNC(=O)c2cc(O)cc(NC3=NCC(O)CN3)c2)C=C(Br)C1. The van der Waals surface area contributed by atoms with Gasteiger partial charge in [0, 0.05) is 23.9 Å². The van der Waals surface area contributed by atoms with Gasteiger partial charge in [0.1, 0.15) is 5.75 Å². The number of anilines is 1. The van der Waals surface area contributed by atoms with Crippen molar-refractivity contribution >= 4 is 45.4 Å². The molecule has 7 N–H and O–H groups in total. The summed E-state index contributed by atoms with van der Waals surface area (Å²) >= 11 is 3.07. The summed E-state index contributed by atoms with van der Waals surface area (Å²) in [6, 6.07) is 2.56. The van der Waals surface area contributed by atoms with E-state index in [4.69, 9.17) is 0 Å². The third-order valence-corrected chi connectivity index (χ3v) is 6.44. The van der Waals surface area contributed by atoms with Crippen LogP contribution in [0.15, 0.2) is 45.4 Å². The van der Waals surface area contributed by atoms with Crippen LogP contribution in [0.25, 0.3) is 0 Å². The lowest BCUT2D eigenvalue weighted by molar-refractivity contribution is -0.199. The normalized spacial score (nSPS) is 21.9. The number of hydrogen-bond donors (Lipinski definition) is 7. The molecule has 0 spiro atoms. The van der Waals surface area contributed by atoms with Crippen molar-refractivity contribution in [1.82, 2.24) is 16.0 Å². The average molecular weight is 618 g/mol. The monoisotopic (exact) mass is 617 g/mol. The molecular weight excluding hydrogens is 591 g/mol. The van der Waals surface area contributed by atoms with E-state index >= 15 is 0 Å². The second kappa shape index (κ2) is 12.1. The zero-order valence-electron chi connectivity index (χ0n) is 20.6. The van der Waals surface area contributed by atoms with E-state index in [1.807, 2.05) is 0 Å². The van der Waals surface area contributed by atoms with E-state index in [1.165, 1.54) is 18.2 Å². The first-order valence-corrected chi connectivity index (χ1v) is 12.5. The minimum absolute atomic E-state index is 0.0216. The fourth-order valence-electron chi connectivity index (χ4n) is 3.93. The van der Waals surface area contributed by atoms with Crippen LogP contribution in [0.1, 0.15) is 30.1 Å². The molecule has 1 aromatic carbocycles. The van der Waals surface area contributed by atoms with Crippen LogP contribution in [0.3, 0.4) is 0 Å². The molecule has 1 heterocycles. The number of aliphatic imine (C=N–C) groups is 1. The van der Waals surface area contributed by atoms with Gasteiger partial charge in [-0.1, -0.05) is 22.0 Å². The van der Waals surface area contributed by atoms with Gasteiger partial charge < -0.3 is 36.6 Å². The van der Waals surface area contributed by atoms with Gasteiger partial charge in [-0.3, -0.25) is 19.4 Å². The first-order chi connectivity index (χ1) is 18.1. The minimum atomic E-state index is -4.62. The van der Waals surface area contributed by atoms with Crippen LogP contribution in [0.2, 0.25) is 0 Å². The van der Waals surface area contributed by atoms with Gasteiger partial charge in [0.05, 0.1) is 37.1 Å². The Morgan fingerprint density at radius 1 is 1.28 bits per heavy atom. The van der Waals surface area contributed by atoms with E-state index in [2.05, 4.69) is 42.2 Å². The summed E-state index contributed by atoms with van der Waals surface area (Å²) in [6.07, 6.45) is -4.08. The van der Waals surface area contributed by atoms with Crippen LogP contribution < -0.4 is 21.3 Å². The molecule has 1 aliphatic heterocycles. The Bertz CT molecular complexity index is 1240. The number of aliphatic hydroxyl groups is 1. The van der Waals surface area contributed by atoms with Gasteiger partial charge in [0.25, 0.3) is 5.91 Å². The Kier molecular flexibility index (Phi) is 9.27. The van der Waals surface area contributed by atoms with Gasteiger partial charge in [0.2, 0.25) is 5.91 Å². The van der Waals surface area contributed by atoms with E-state index in [-0.39, 0.29) is 40.9 Å². The zero-order valence-corrected chi connectivity index (χ0v) is 22.2. The van der Waals surface area contributed by atoms with Gasteiger partial charge in [-0.25, -0.2) is 0 Å². The van der Waals surface area contributed by atoms with Crippen LogP contribution in [-0.4, -0.2) is 77.0 Å². The molecule has 2 amide bonds. The maximum absolute atomic E-state index is 13.6. The predicted molar refractivity (Wildman–Crippen MR) is 138 cm³/mol. The van der Waals surface area contributed by atoms with Gasteiger partial charge >= 0.3 is 12.1 Å². The zero-order chi connectivity index (χ0) is 29.0. The maximum Gasteiger partial charge on any atom is 0.397 e. The lowest BCUT2D eigenvalue weighted by atomic mass is 9.79. The number of alkyl halides is 3. The second-order valence-corrected chi connectivity index (χ2v) is 10.4. The molecule has 39 heavy (non-hydrogen) atoms. The van der Waals surface area contributed by atoms with Crippen LogP contribution in [0.4, 0.5) is 18.9 Å². The number of halogens is 4. The topological polar surface area (TPSA) is 172 Å². The summed E-state index contributed by atoms with van der Waals surface area (Å²) in [4.78, 5) is 40.7. The largest absolute Gasteiger partial charge is 0.508 e. The highest BCUT2D eigenvalue weighted by Gasteiger charge is 2.51. The number of allylic oxidation sites excluding steroid dienone is 2. The quantitative estimate of drug-likeness (QED) is 0.232. The molecule has 3 atom stereocenters. The molecule has 0 aromatic heterocycles. The smallest absolute Gasteiger partial charge is 0.397 e. The van der Waals surface area contributed by atoms with Crippen LogP contribution in [-0.2, 0) is 9.59 Å². The van der Waals surface area contributed by atoms with Crippen LogP contribution in [0.5, 0.6) is 5.75 Å². The number of phenols is 1. The minimum Gasteiger partial charge on any atom is -0.508 e. The van der Waals surface area contributed by atoms with Gasteiger partial charge in [-0.2, -0.15) is 13.2 Å². The number of benzene rings is 1. The maximum atomic E-state index is 13.6. The van der Waals surface area contributed by atoms with Crippen molar-refractivity contribution in [3.63, 3.8) is 0 Å². The van der Waals surface area contributed by atoms with E-state index in [1.54, 1.807) is 0 Å². The molecule has 1 aromatic rings. The van der Waals surface area contributed by atoms with E-state index in [0.29, 0.717) is 11.6 Å². The molecule has 15 heteroatoms. The fraction of sp³-hybridized carbons (Fsp3) is 0.417. The highest BCUT2D eigenvalue weighted by Crippen LogP contribution is 2.48. The molecule has 0 fully saturated rings. The number of rotatable bonds is 8. The first kappa shape index (κ1) is 30.0. The van der Waals surface area contributed by atoms with Crippen molar-refractivity contribution in [1.29, 1.82) is 0 Å². The number of amides is 2. The number of aliphatic hydroxyl groups excluding tert-OH is 1. The Labute approximate surface area is 229 Å². The number of guanidine groups is 1. The number of β-amino-alcohol motifs (C(OH)–C–C–N with tert-alkyl or cyclic N) is 1. The second-order valence-electron chi connectivity index (χ2n) is 9.35. The molecule has 0 radical (unpaired) electrons. The third-order valence-electron chi connectivity index (χ3n) is 5.93. The molecule has 3 rings (SSSR count). The Morgan fingerprint density at radius 2 is 2.00 bits per heavy atom. The summed E-state index contributed by atoms with van der Waals surface area (Å²) in [6.45, 7) is 0.779. The van der Waals surface area contributed by atoms with Crippen molar-refractivity contribution in [3.8, 4) is 5.75 Å². The lowest BCUT2D eigenvalue weighted by Crippen LogP contribution is -2.45. The Morgan fingerprint density at radius 3 is 2.62 bits per heavy atom. The van der Waals surface area contributed by atoms with E-state index in [9.17, 15) is 42.9 Å². The molecule has 2 aliphatic rings. The number of aliphatic carboxylic acids is 1. The molecule has 0 saturated heterocycles. The molecule has 212 valence electrons. The number of nitrogens with one attached hydrogen (secondary N) is 4. The molecule has 11 nitrogen and oxygen atoms in total. The number of carboxylic acid groups (broad SMARTS) is 1. The standard InChI is InChI=1S/C24H27BrF3N5O6/c1-23(24(26,27)28)7-13(2-14(25)8-23)18(6-20(37)38)33-19(36)11-29-21(39)12-3-15(5-16(34)4-12)32-22-30-9-17(35)10-31-22/h2-5,7,17-18,34-35H,6,8-11H2,1H3,(H,29,39)(H,33,36)(H,37,38)(H2,30,31,32)/t18-,23?/m0/s1. The predicted octanol–water partition coefficient (Wildman–Crippen LogP) is 1.99. The molecule has 0 bridgehead atoms. The van der Waals surface area contributed by atoms with Crippen LogP contribution >= 0.6 is 15.9 Å². The van der Waals surface area contributed by atoms with Crippen molar-refractivity contribution in [2.45, 2.75) is 38.1 Å². The highest BCUT2D eigenvalue weighted by molar-refractivity contribution is 9.11. The van der Waals surface area contributed by atoms with E-state index in [0.717, 1.165) is 19.1 Å². The third kappa shape index (κ3) is 8.20. The molecule has 2 unspecified atom stereocenters. The summed E-state index contributed by atoms with van der Waals surface area (Å²) in [5.74, 6) is -2.88. The lowest BCUT2D eigenvalue weighted by Gasteiger charge is -2.34. The molecule has 0 saturated carbocycles. The Hall–Kier alpha value is -3.59. The van der Waals surface area contributed by atoms with Gasteiger partial charge in [-0.05, 0) is 41.6 Å². The van der Waals surface area contributed by atoms with Crippen LogP contribution in [0, 0.1) is 5.41 Å². The van der Waals surface area contributed by atoms with Crippen molar-refractivity contribution < 1.29 is 42.9 Å². The summed E-state index contributed by atoms with van der Waals surface area (Å²) in [5, 5.41) is 39.2. The Balaban J connectivity index is 1.68. The fourth-order valence-corrected chi connectivity index (χ4v) is 4.77. The number of nitrogens with zero attached hydrogens (tertiary/aromatic N) is 1. The van der Waals surface area contributed by atoms with Crippen molar-refractivity contribution in [2.75, 3.05) is 25.0 Å². The number of carbonyl (C=O) groups excluding carboxylic acids is 2. The number of hydrogen-bond acceptors (Lipinski definition) is 8. The number of aromatic hydroxyl groups is 1. The number of phenolic OH excluding ortho intramolecular Hbond substituents is 1. The van der Waals surface area contributed by atoms with E-state index < -0.39 is 54.5 Å². The summed E-state index contributed by atoms with van der Waals surface area (Å²) in [7, 11) is 0. The van der Waals surface area contributed by atoms with Gasteiger partial charge in [-0.15, -0.1) is 0 Å². The average Bonchev–Trinajstić information content (AvgIpc) is 2.81. The van der Waals surface area contributed by atoms with Gasteiger partial charge in [0.15, 0.2) is 5.96 Å². The van der Waals surface area contributed by atoms with Crippen molar-refractivity contribution in [2.24, 2.45) is 10.4 Å². The summed E-state index contributed by atoms with van der Waals surface area (Å²) in [5.41, 5.74) is -2.04. The van der Waals surface area contributed by atoms with Crippen molar-refractivity contribution in [3.05, 3.63) is 46.0 Å². The number of carbonyl (C=O) groups is 3. The number of carboxylic acids is 1.